The molecule has 0 aliphatic carbocycles. The number of nitrogens with one attached hydrogen (secondary N) is 1. The van der Waals surface area contributed by atoms with Gasteiger partial charge in [0.2, 0.25) is 5.95 Å². The van der Waals surface area contributed by atoms with Gasteiger partial charge in [-0.05, 0) is 25.1 Å². The van der Waals surface area contributed by atoms with E-state index < -0.39 is 0 Å². The minimum Gasteiger partial charge on any atom is -0.446 e. The summed E-state index contributed by atoms with van der Waals surface area (Å²) in [7, 11) is 0. The van der Waals surface area contributed by atoms with Crippen molar-refractivity contribution < 1.29 is 4.42 Å². The minimum absolute atomic E-state index is 0.562. The fourth-order valence-corrected chi connectivity index (χ4v) is 2.14. The van der Waals surface area contributed by atoms with Crippen LogP contribution in [0.25, 0.3) is 11.0 Å². The van der Waals surface area contributed by atoms with Gasteiger partial charge in [0.25, 0.3) is 0 Å². The van der Waals surface area contributed by atoms with Crippen molar-refractivity contribution in [2.45, 2.75) is 13.5 Å². The van der Waals surface area contributed by atoms with Crippen molar-refractivity contribution in [3.05, 3.63) is 42.2 Å². The van der Waals surface area contributed by atoms with Crippen LogP contribution in [0, 0.1) is 6.92 Å². The van der Waals surface area contributed by atoms with Gasteiger partial charge in [0, 0.05) is 19.2 Å². The van der Waals surface area contributed by atoms with E-state index in [0.29, 0.717) is 19.0 Å². The number of hydrogen-bond donors (Lipinski definition) is 2. The lowest BCUT2D eigenvalue weighted by molar-refractivity contribution is 0.549. The van der Waals surface area contributed by atoms with E-state index in [2.05, 4.69) is 14.9 Å². The quantitative estimate of drug-likeness (QED) is 0.753. The van der Waals surface area contributed by atoms with Crippen LogP contribution in [0.5, 0.6) is 0 Å². The number of nitrogens with two attached hydrogens (primary N) is 1. The standard InChI is InChI=1S/C14H16N4O/c1-10-6-7-13(19-10)17-14-16-11-4-2-3-5-12(11)18(14)9-8-15/h2-7H,8-9,15H2,1H3,(H,16,17). The zero-order chi connectivity index (χ0) is 13.2. The second kappa shape index (κ2) is 4.78. The van der Waals surface area contributed by atoms with E-state index in [9.17, 15) is 0 Å². The Morgan fingerprint density at radius 1 is 1.26 bits per heavy atom. The van der Waals surface area contributed by atoms with Gasteiger partial charge in [-0.1, -0.05) is 12.1 Å². The predicted octanol–water partition coefficient (Wildman–Crippen LogP) is 2.64. The summed E-state index contributed by atoms with van der Waals surface area (Å²) in [6.07, 6.45) is 0. The van der Waals surface area contributed by atoms with Crippen molar-refractivity contribution in [3.63, 3.8) is 0 Å². The number of imidazole rings is 1. The highest BCUT2D eigenvalue weighted by Crippen LogP contribution is 2.23. The summed E-state index contributed by atoms with van der Waals surface area (Å²) in [5, 5.41) is 3.20. The molecule has 2 aromatic heterocycles. The largest absolute Gasteiger partial charge is 0.446 e. The monoisotopic (exact) mass is 256 g/mol. The third-order valence-electron chi connectivity index (χ3n) is 2.98. The maximum atomic E-state index is 5.68. The van der Waals surface area contributed by atoms with Crippen LogP contribution in [0.3, 0.4) is 0 Å². The molecule has 19 heavy (non-hydrogen) atoms. The summed E-state index contributed by atoms with van der Waals surface area (Å²) in [6.45, 7) is 3.18. The highest BCUT2D eigenvalue weighted by molar-refractivity contribution is 5.79. The fourth-order valence-electron chi connectivity index (χ4n) is 2.14. The lowest BCUT2D eigenvalue weighted by Gasteiger charge is -2.07. The van der Waals surface area contributed by atoms with E-state index in [1.165, 1.54) is 0 Å². The molecule has 5 heteroatoms. The number of anilines is 2. The van der Waals surface area contributed by atoms with Gasteiger partial charge in [-0.2, -0.15) is 0 Å². The molecule has 0 fully saturated rings. The number of rotatable bonds is 4. The first-order valence-electron chi connectivity index (χ1n) is 6.27. The highest BCUT2D eigenvalue weighted by atomic mass is 16.4. The molecule has 0 aliphatic rings. The molecule has 0 saturated carbocycles. The summed E-state index contributed by atoms with van der Waals surface area (Å²) in [4.78, 5) is 4.57. The van der Waals surface area contributed by atoms with Crippen molar-refractivity contribution in [3.8, 4) is 0 Å². The highest BCUT2D eigenvalue weighted by Gasteiger charge is 2.11. The Hall–Kier alpha value is -2.27. The second-order valence-corrected chi connectivity index (χ2v) is 4.40. The Morgan fingerprint density at radius 2 is 2.11 bits per heavy atom. The zero-order valence-electron chi connectivity index (χ0n) is 10.8. The number of benzene rings is 1. The van der Waals surface area contributed by atoms with Gasteiger partial charge in [0.1, 0.15) is 5.76 Å². The molecule has 0 atom stereocenters. The van der Waals surface area contributed by atoms with Crippen LogP contribution < -0.4 is 11.1 Å². The van der Waals surface area contributed by atoms with Crippen molar-refractivity contribution in [1.29, 1.82) is 0 Å². The summed E-state index contributed by atoms with van der Waals surface area (Å²) < 4.78 is 7.58. The maximum absolute atomic E-state index is 5.68. The van der Waals surface area contributed by atoms with Gasteiger partial charge in [-0.3, -0.25) is 5.32 Å². The van der Waals surface area contributed by atoms with Gasteiger partial charge in [0.15, 0.2) is 5.88 Å². The first-order chi connectivity index (χ1) is 9.28. The molecule has 0 amide bonds. The van der Waals surface area contributed by atoms with Crippen molar-refractivity contribution in [2.24, 2.45) is 5.73 Å². The number of para-hydroxylation sites is 2. The van der Waals surface area contributed by atoms with Gasteiger partial charge in [-0.15, -0.1) is 0 Å². The van der Waals surface area contributed by atoms with Crippen LogP contribution in [0.2, 0.25) is 0 Å². The normalized spacial score (nSPS) is 11.1. The molecule has 0 spiro atoms. The van der Waals surface area contributed by atoms with E-state index >= 15 is 0 Å². The first-order valence-corrected chi connectivity index (χ1v) is 6.27. The molecular formula is C14H16N4O. The Labute approximate surface area is 111 Å². The summed E-state index contributed by atoms with van der Waals surface area (Å²) in [5.74, 6) is 2.30. The molecule has 0 aliphatic heterocycles. The molecule has 0 bridgehead atoms. The predicted molar refractivity (Wildman–Crippen MR) is 75.5 cm³/mol. The van der Waals surface area contributed by atoms with Crippen LogP contribution in [-0.4, -0.2) is 16.1 Å². The number of hydrogen-bond acceptors (Lipinski definition) is 4. The van der Waals surface area contributed by atoms with Crippen molar-refractivity contribution in [1.82, 2.24) is 9.55 Å². The van der Waals surface area contributed by atoms with E-state index in [1.807, 2.05) is 43.3 Å². The molecule has 3 aromatic rings. The molecule has 0 unspecified atom stereocenters. The fraction of sp³-hybridized carbons (Fsp3) is 0.214. The summed E-state index contributed by atoms with van der Waals surface area (Å²) in [5.41, 5.74) is 7.69. The Balaban J connectivity index is 2.04. The average molecular weight is 256 g/mol. The van der Waals surface area contributed by atoms with Crippen molar-refractivity contribution >= 4 is 22.9 Å². The van der Waals surface area contributed by atoms with Gasteiger partial charge in [0.05, 0.1) is 11.0 Å². The minimum atomic E-state index is 0.562. The van der Waals surface area contributed by atoms with Crippen molar-refractivity contribution in [2.75, 3.05) is 11.9 Å². The Morgan fingerprint density at radius 3 is 2.84 bits per heavy atom. The molecule has 0 saturated heterocycles. The topological polar surface area (TPSA) is 69.0 Å². The van der Waals surface area contributed by atoms with E-state index in [0.717, 1.165) is 22.7 Å². The lowest BCUT2D eigenvalue weighted by atomic mass is 10.3. The second-order valence-electron chi connectivity index (χ2n) is 4.40. The van der Waals surface area contributed by atoms with Crippen LogP contribution in [0.4, 0.5) is 11.8 Å². The van der Waals surface area contributed by atoms with Crippen LogP contribution in [-0.2, 0) is 6.54 Å². The smallest absolute Gasteiger partial charge is 0.210 e. The molecule has 98 valence electrons. The lowest BCUT2D eigenvalue weighted by Crippen LogP contribution is -2.11. The molecule has 3 rings (SSSR count). The summed E-state index contributed by atoms with van der Waals surface area (Å²) >= 11 is 0. The molecule has 1 aromatic carbocycles. The van der Waals surface area contributed by atoms with Crippen LogP contribution >= 0.6 is 0 Å². The zero-order valence-corrected chi connectivity index (χ0v) is 10.8. The maximum Gasteiger partial charge on any atom is 0.210 e. The molecule has 5 nitrogen and oxygen atoms in total. The molecule has 3 N–H and O–H groups in total. The van der Waals surface area contributed by atoms with E-state index in [4.69, 9.17) is 10.2 Å². The average Bonchev–Trinajstić information content (AvgIpc) is 2.96. The third-order valence-corrected chi connectivity index (χ3v) is 2.98. The van der Waals surface area contributed by atoms with Gasteiger partial charge < -0.3 is 14.7 Å². The van der Waals surface area contributed by atoms with Gasteiger partial charge >= 0.3 is 0 Å². The molecular weight excluding hydrogens is 240 g/mol. The Bertz CT molecular complexity index is 698. The third kappa shape index (κ3) is 2.20. The van der Waals surface area contributed by atoms with Crippen LogP contribution in [0.1, 0.15) is 5.76 Å². The SMILES string of the molecule is Cc1ccc(Nc2nc3ccccc3n2CCN)o1. The number of aromatic nitrogens is 2. The van der Waals surface area contributed by atoms with Crippen LogP contribution in [0.15, 0.2) is 40.8 Å². The first kappa shape index (κ1) is 11.8. The Kier molecular flexibility index (Phi) is 2.97. The number of fused-ring (bicyclic) bond motifs is 1. The number of furan rings is 1. The number of nitrogens with zero attached hydrogens (tertiary/aromatic N) is 2. The van der Waals surface area contributed by atoms with E-state index in [1.54, 1.807) is 0 Å². The van der Waals surface area contributed by atoms with E-state index in [-0.39, 0.29) is 0 Å². The molecule has 0 radical (unpaired) electrons. The summed E-state index contributed by atoms with van der Waals surface area (Å²) in [6, 6.07) is 11.8. The number of aryl methyl sites for hydroxylation is 1. The molecule has 2 heterocycles. The van der Waals surface area contributed by atoms with Gasteiger partial charge in [-0.25, -0.2) is 4.98 Å².